The van der Waals surface area contributed by atoms with Crippen LogP contribution in [0, 0.1) is 20.8 Å². The molecule has 0 aliphatic carbocycles. The number of piperazine rings is 1. The normalized spacial score (nSPS) is 14.1. The molecule has 174 valence electrons. The van der Waals surface area contributed by atoms with Crippen molar-refractivity contribution in [1.29, 1.82) is 0 Å². The number of aryl methyl sites for hydroxylation is 3. The summed E-state index contributed by atoms with van der Waals surface area (Å²) >= 11 is 6.15. The van der Waals surface area contributed by atoms with Crippen molar-refractivity contribution < 1.29 is 4.79 Å². The Kier molecular flexibility index (Phi) is 6.00. The fraction of sp³-hybridized carbons (Fsp3) is 0.296. The molecule has 5 rings (SSSR count). The third-order valence-electron chi connectivity index (χ3n) is 6.81. The van der Waals surface area contributed by atoms with Crippen LogP contribution in [0.25, 0.3) is 5.65 Å². The summed E-state index contributed by atoms with van der Waals surface area (Å²) in [5, 5.41) is 5.28. The largest absolute Gasteiger partial charge is 0.368 e. The van der Waals surface area contributed by atoms with E-state index in [1.165, 1.54) is 11.1 Å². The lowest BCUT2D eigenvalue weighted by atomic mass is 9.99. The highest BCUT2D eigenvalue weighted by Gasteiger charge is 2.26. The zero-order chi connectivity index (χ0) is 23.8. The summed E-state index contributed by atoms with van der Waals surface area (Å²) in [7, 11) is 0. The van der Waals surface area contributed by atoms with Crippen LogP contribution < -0.4 is 4.90 Å². The zero-order valence-electron chi connectivity index (χ0n) is 19.8. The summed E-state index contributed by atoms with van der Waals surface area (Å²) in [4.78, 5) is 22.4. The third kappa shape index (κ3) is 4.14. The molecule has 1 saturated heterocycles. The Morgan fingerprint density at radius 3 is 2.50 bits per heavy atom. The molecule has 0 unspecified atom stereocenters. The van der Waals surface area contributed by atoms with Crippen LogP contribution in [0.2, 0.25) is 5.02 Å². The fourth-order valence-electron chi connectivity index (χ4n) is 4.73. The smallest absolute Gasteiger partial charge is 0.259 e. The quantitative estimate of drug-likeness (QED) is 0.424. The van der Waals surface area contributed by atoms with Gasteiger partial charge < -0.3 is 9.80 Å². The minimum Gasteiger partial charge on any atom is -0.368 e. The summed E-state index contributed by atoms with van der Waals surface area (Å²) < 4.78 is 1.82. The highest BCUT2D eigenvalue weighted by atomic mass is 35.5. The average Bonchev–Trinajstić information content (AvgIpc) is 3.26. The second kappa shape index (κ2) is 9.11. The van der Waals surface area contributed by atoms with Gasteiger partial charge in [-0.3, -0.25) is 4.79 Å². The van der Waals surface area contributed by atoms with Gasteiger partial charge in [0, 0.05) is 54.7 Å². The number of fused-ring (bicyclic) bond motifs is 1. The van der Waals surface area contributed by atoms with Gasteiger partial charge in [0.2, 0.25) is 0 Å². The van der Waals surface area contributed by atoms with E-state index in [9.17, 15) is 4.79 Å². The lowest BCUT2D eigenvalue weighted by Gasteiger charge is -2.36. The molecular weight excluding hydrogens is 446 g/mol. The Bertz CT molecular complexity index is 1370. The Hall–Kier alpha value is -3.38. The number of benzene rings is 2. The van der Waals surface area contributed by atoms with E-state index in [0.717, 1.165) is 47.2 Å². The standard InChI is InChI=1S/C27H28ClN5O/c1-18-7-4-5-8-21(18)15-24-19(2)30-26-25(17-29-33(26)20(24)3)27(34)32-13-11-31(12-14-32)23-10-6-9-22(28)16-23/h4-10,16-17H,11-15H2,1-3H3. The van der Waals surface area contributed by atoms with Crippen LogP contribution in [0.4, 0.5) is 5.69 Å². The van der Waals surface area contributed by atoms with Crippen molar-refractivity contribution in [2.45, 2.75) is 27.2 Å². The zero-order valence-corrected chi connectivity index (χ0v) is 20.5. The summed E-state index contributed by atoms with van der Waals surface area (Å²) in [5.41, 5.74) is 7.93. The van der Waals surface area contributed by atoms with Crippen molar-refractivity contribution in [3.8, 4) is 0 Å². The number of hydrogen-bond donors (Lipinski definition) is 0. The van der Waals surface area contributed by atoms with E-state index in [1.807, 2.05) is 34.5 Å². The average molecular weight is 474 g/mol. The van der Waals surface area contributed by atoms with Crippen molar-refractivity contribution in [3.63, 3.8) is 0 Å². The van der Waals surface area contributed by atoms with Crippen molar-refractivity contribution in [2.24, 2.45) is 0 Å². The molecule has 6 nitrogen and oxygen atoms in total. The number of hydrogen-bond acceptors (Lipinski definition) is 4. The fourth-order valence-corrected chi connectivity index (χ4v) is 4.91. The monoisotopic (exact) mass is 473 g/mol. The van der Waals surface area contributed by atoms with Crippen LogP contribution in [0.3, 0.4) is 0 Å². The van der Waals surface area contributed by atoms with Crippen LogP contribution in [0.5, 0.6) is 0 Å². The first-order chi connectivity index (χ1) is 16.4. The van der Waals surface area contributed by atoms with Gasteiger partial charge in [0.15, 0.2) is 5.65 Å². The Morgan fingerprint density at radius 2 is 1.76 bits per heavy atom. The molecule has 0 radical (unpaired) electrons. The molecule has 0 atom stereocenters. The summed E-state index contributed by atoms with van der Waals surface area (Å²) in [5.74, 6) is -0.0151. The molecule has 2 aromatic carbocycles. The molecule has 0 spiro atoms. The number of carbonyl (C=O) groups is 1. The minimum atomic E-state index is -0.0151. The Balaban J connectivity index is 1.37. The van der Waals surface area contributed by atoms with Crippen LogP contribution in [0.1, 0.15) is 38.4 Å². The van der Waals surface area contributed by atoms with Gasteiger partial charge in [-0.1, -0.05) is 41.9 Å². The first-order valence-corrected chi connectivity index (χ1v) is 12.0. The minimum absolute atomic E-state index is 0.0151. The van der Waals surface area contributed by atoms with Gasteiger partial charge in [0.1, 0.15) is 5.56 Å². The van der Waals surface area contributed by atoms with E-state index in [0.29, 0.717) is 24.3 Å². The van der Waals surface area contributed by atoms with Crippen LogP contribution in [-0.4, -0.2) is 51.6 Å². The predicted molar refractivity (Wildman–Crippen MR) is 136 cm³/mol. The second-order valence-electron chi connectivity index (χ2n) is 8.92. The Labute approximate surface area is 204 Å². The van der Waals surface area contributed by atoms with Gasteiger partial charge in [-0.2, -0.15) is 5.10 Å². The maximum atomic E-state index is 13.4. The maximum Gasteiger partial charge on any atom is 0.259 e. The lowest BCUT2D eigenvalue weighted by molar-refractivity contribution is 0.0748. The molecule has 3 heterocycles. The number of amides is 1. The molecular formula is C27H28ClN5O. The van der Waals surface area contributed by atoms with Crippen molar-refractivity contribution in [2.75, 3.05) is 31.1 Å². The van der Waals surface area contributed by atoms with Gasteiger partial charge >= 0.3 is 0 Å². The highest BCUT2D eigenvalue weighted by Crippen LogP contribution is 2.24. The van der Waals surface area contributed by atoms with Crippen LogP contribution >= 0.6 is 11.6 Å². The summed E-state index contributed by atoms with van der Waals surface area (Å²) in [6, 6.07) is 16.3. The lowest BCUT2D eigenvalue weighted by Crippen LogP contribution is -2.48. The van der Waals surface area contributed by atoms with Gasteiger partial charge in [0.05, 0.1) is 6.20 Å². The molecule has 1 aliphatic rings. The Morgan fingerprint density at radius 1 is 1.00 bits per heavy atom. The van der Waals surface area contributed by atoms with Gasteiger partial charge in [0.25, 0.3) is 5.91 Å². The number of carbonyl (C=O) groups excluding carboxylic acids is 1. The van der Waals surface area contributed by atoms with Gasteiger partial charge in [-0.05, 0) is 55.7 Å². The molecule has 0 N–H and O–H groups in total. The topological polar surface area (TPSA) is 53.7 Å². The molecule has 0 saturated carbocycles. The number of halogens is 1. The first kappa shape index (κ1) is 22.4. The van der Waals surface area contributed by atoms with Crippen molar-refractivity contribution >= 4 is 28.8 Å². The molecule has 1 aliphatic heterocycles. The van der Waals surface area contributed by atoms with Crippen LogP contribution in [0.15, 0.2) is 54.7 Å². The molecule has 4 aromatic rings. The third-order valence-corrected chi connectivity index (χ3v) is 7.04. The number of rotatable bonds is 4. The molecule has 0 bridgehead atoms. The summed E-state index contributed by atoms with van der Waals surface area (Å²) in [6.07, 6.45) is 2.46. The van der Waals surface area contributed by atoms with E-state index in [2.05, 4.69) is 54.2 Å². The van der Waals surface area contributed by atoms with E-state index < -0.39 is 0 Å². The molecule has 1 amide bonds. The molecule has 7 heteroatoms. The SMILES string of the molecule is Cc1ccccc1Cc1c(C)nc2c(C(=O)N3CCN(c4cccc(Cl)c4)CC3)cnn2c1C. The van der Waals surface area contributed by atoms with Crippen molar-refractivity contribution in [3.05, 3.63) is 93.4 Å². The van der Waals surface area contributed by atoms with E-state index >= 15 is 0 Å². The number of nitrogens with zero attached hydrogens (tertiary/aromatic N) is 5. The number of anilines is 1. The van der Waals surface area contributed by atoms with E-state index in [-0.39, 0.29) is 5.91 Å². The first-order valence-electron chi connectivity index (χ1n) is 11.6. The molecule has 1 fully saturated rings. The molecule has 34 heavy (non-hydrogen) atoms. The highest BCUT2D eigenvalue weighted by molar-refractivity contribution is 6.30. The second-order valence-corrected chi connectivity index (χ2v) is 9.35. The number of aromatic nitrogens is 3. The van der Waals surface area contributed by atoms with Gasteiger partial charge in [-0.15, -0.1) is 0 Å². The maximum absolute atomic E-state index is 13.4. The van der Waals surface area contributed by atoms with Crippen LogP contribution in [-0.2, 0) is 6.42 Å². The van der Waals surface area contributed by atoms with Crippen molar-refractivity contribution in [1.82, 2.24) is 19.5 Å². The van der Waals surface area contributed by atoms with E-state index in [4.69, 9.17) is 16.6 Å². The van der Waals surface area contributed by atoms with E-state index in [1.54, 1.807) is 6.20 Å². The predicted octanol–water partition coefficient (Wildman–Crippen LogP) is 4.86. The molecule has 2 aromatic heterocycles. The summed E-state index contributed by atoms with van der Waals surface area (Å²) in [6.45, 7) is 9.02. The van der Waals surface area contributed by atoms with Gasteiger partial charge in [-0.25, -0.2) is 9.50 Å².